The van der Waals surface area contributed by atoms with Crippen molar-refractivity contribution in [3.8, 4) is 0 Å². The van der Waals surface area contributed by atoms with Crippen molar-refractivity contribution in [2.24, 2.45) is 0 Å². The minimum atomic E-state index is -4.39. The molecule has 2 heterocycles. The standard InChI is InChI=1S/C13H15F3N4S/c1-4-9-5-11(18-8(2)17-9)20(3)6-12-19-10(7-21-12)13(14,15)16/h5,7H,4,6H2,1-3H3. The summed E-state index contributed by atoms with van der Waals surface area (Å²) in [5.41, 5.74) is 0.0588. The number of hydrogen-bond acceptors (Lipinski definition) is 5. The molecule has 0 unspecified atom stereocenters. The summed E-state index contributed by atoms with van der Waals surface area (Å²) < 4.78 is 37.6. The van der Waals surface area contributed by atoms with Crippen molar-refractivity contribution >= 4 is 17.2 Å². The fourth-order valence-electron chi connectivity index (χ4n) is 1.79. The molecule has 4 nitrogen and oxygen atoms in total. The molecule has 0 radical (unpaired) electrons. The zero-order chi connectivity index (χ0) is 15.6. The van der Waals surface area contributed by atoms with Crippen LogP contribution < -0.4 is 4.90 Å². The highest BCUT2D eigenvalue weighted by Gasteiger charge is 2.33. The number of rotatable bonds is 4. The molecule has 2 aromatic heterocycles. The first kappa shape index (κ1) is 15.7. The Balaban J connectivity index is 2.16. The van der Waals surface area contributed by atoms with Crippen LogP contribution >= 0.6 is 11.3 Å². The van der Waals surface area contributed by atoms with Gasteiger partial charge in [0.05, 0.1) is 6.54 Å². The van der Waals surface area contributed by atoms with Crippen molar-refractivity contribution in [2.75, 3.05) is 11.9 Å². The number of aromatic nitrogens is 3. The molecule has 0 saturated carbocycles. The minimum absolute atomic E-state index is 0.278. The van der Waals surface area contributed by atoms with E-state index in [0.717, 1.165) is 28.8 Å². The summed E-state index contributed by atoms with van der Waals surface area (Å²) in [6.45, 7) is 4.06. The van der Waals surface area contributed by atoms with Crippen LogP contribution in [0.2, 0.25) is 0 Å². The predicted molar refractivity (Wildman–Crippen MR) is 75.4 cm³/mol. The fraction of sp³-hybridized carbons (Fsp3) is 0.462. The Morgan fingerprint density at radius 1 is 1.24 bits per heavy atom. The van der Waals surface area contributed by atoms with Crippen LogP contribution in [0.4, 0.5) is 19.0 Å². The van der Waals surface area contributed by atoms with Crippen molar-refractivity contribution in [1.29, 1.82) is 0 Å². The monoisotopic (exact) mass is 316 g/mol. The maximum atomic E-state index is 12.5. The third-order valence-corrected chi connectivity index (χ3v) is 3.68. The van der Waals surface area contributed by atoms with Crippen LogP contribution in [0.1, 0.15) is 29.1 Å². The van der Waals surface area contributed by atoms with E-state index < -0.39 is 11.9 Å². The molecule has 0 bridgehead atoms. The van der Waals surface area contributed by atoms with E-state index in [9.17, 15) is 13.2 Å². The van der Waals surface area contributed by atoms with Crippen LogP contribution in [-0.2, 0) is 19.1 Å². The van der Waals surface area contributed by atoms with Crippen LogP contribution in [0.25, 0.3) is 0 Å². The molecule has 0 spiro atoms. The lowest BCUT2D eigenvalue weighted by molar-refractivity contribution is -0.140. The second-order valence-electron chi connectivity index (χ2n) is 4.60. The molecule has 0 N–H and O–H groups in total. The van der Waals surface area contributed by atoms with Gasteiger partial charge < -0.3 is 4.90 Å². The van der Waals surface area contributed by atoms with Gasteiger partial charge in [0.15, 0.2) is 5.69 Å². The van der Waals surface area contributed by atoms with Gasteiger partial charge in [-0.1, -0.05) is 6.92 Å². The number of aryl methyl sites for hydroxylation is 2. The highest BCUT2D eigenvalue weighted by Crippen LogP contribution is 2.30. The van der Waals surface area contributed by atoms with E-state index >= 15 is 0 Å². The van der Waals surface area contributed by atoms with Gasteiger partial charge in [-0.25, -0.2) is 15.0 Å². The zero-order valence-electron chi connectivity index (χ0n) is 11.9. The molecule has 2 aromatic rings. The van der Waals surface area contributed by atoms with Crippen molar-refractivity contribution < 1.29 is 13.2 Å². The number of halogens is 3. The summed E-state index contributed by atoms with van der Waals surface area (Å²) in [5, 5.41) is 1.44. The van der Waals surface area contributed by atoms with Crippen LogP contribution in [0, 0.1) is 6.92 Å². The van der Waals surface area contributed by atoms with Gasteiger partial charge in [-0.2, -0.15) is 13.2 Å². The minimum Gasteiger partial charge on any atom is -0.353 e. The van der Waals surface area contributed by atoms with Gasteiger partial charge in [0.2, 0.25) is 0 Å². The Labute approximate surface area is 124 Å². The van der Waals surface area contributed by atoms with Gasteiger partial charge in [-0.05, 0) is 13.3 Å². The molecule has 0 saturated heterocycles. The molecular formula is C13H15F3N4S. The van der Waals surface area contributed by atoms with Crippen LogP contribution in [0.3, 0.4) is 0 Å². The van der Waals surface area contributed by atoms with Crippen molar-refractivity contribution in [3.63, 3.8) is 0 Å². The molecule has 0 fully saturated rings. The zero-order valence-corrected chi connectivity index (χ0v) is 12.7. The molecule has 21 heavy (non-hydrogen) atoms. The second kappa shape index (κ2) is 5.97. The Bertz CT molecular complexity index is 624. The van der Waals surface area contributed by atoms with Crippen molar-refractivity contribution in [2.45, 2.75) is 33.0 Å². The molecule has 0 amide bonds. The lowest BCUT2D eigenvalue weighted by atomic mass is 10.3. The van der Waals surface area contributed by atoms with Gasteiger partial charge in [0.1, 0.15) is 16.6 Å². The summed E-state index contributed by atoms with van der Waals surface area (Å²) >= 11 is 0.997. The van der Waals surface area contributed by atoms with Gasteiger partial charge >= 0.3 is 6.18 Å². The van der Waals surface area contributed by atoms with E-state index in [4.69, 9.17) is 0 Å². The Morgan fingerprint density at radius 3 is 2.52 bits per heavy atom. The van der Waals surface area contributed by atoms with E-state index in [1.54, 1.807) is 18.9 Å². The van der Waals surface area contributed by atoms with E-state index in [0.29, 0.717) is 16.6 Å². The molecule has 2 rings (SSSR count). The lowest BCUT2D eigenvalue weighted by Crippen LogP contribution is -2.19. The van der Waals surface area contributed by atoms with Gasteiger partial charge in [0, 0.05) is 24.2 Å². The first-order valence-electron chi connectivity index (χ1n) is 6.37. The molecule has 0 aliphatic carbocycles. The highest BCUT2D eigenvalue weighted by atomic mass is 32.1. The molecule has 0 aliphatic rings. The Kier molecular flexibility index (Phi) is 4.46. The summed E-state index contributed by atoms with van der Waals surface area (Å²) in [5.74, 6) is 1.33. The lowest BCUT2D eigenvalue weighted by Gasteiger charge is -2.17. The van der Waals surface area contributed by atoms with Crippen LogP contribution in [-0.4, -0.2) is 22.0 Å². The topological polar surface area (TPSA) is 41.9 Å². The summed E-state index contributed by atoms with van der Waals surface area (Å²) in [6.07, 6.45) is -3.62. The van der Waals surface area contributed by atoms with Crippen molar-refractivity contribution in [1.82, 2.24) is 15.0 Å². The Morgan fingerprint density at radius 2 is 1.95 bits per heavy atom. The smallest absolute Gasteiger partial charge is 0.353 e. The third kappa shape index (κ3) is 3.90. The SMILES string of the molecule is CCc1cc(N(C)Cc2nc(C(F)(F)F)cs2)nc(C)n1. The molecule has 8 heteroatoms. The molecule has 0 atom stereocenters. The van der Waals surface area contributed by atoms with Gasteiger partial charge in [-0.15, -0.1) is 11.3 Å². The first-order valence-corrected chi connectivity index (χ1v) is 7.25. The number of thiazole rings is 1. The van der Waals surface area contributed by atoms with Gasteiger partial charge in [-0.3, -0.25) is 0 Å². The quantitative estimate of drug-likeness (QED) is 0.866. The number of nitrogens with zero attached hydrogens (tertiary/aromatic N) is 4. The van der Waals surface area contributed by atoms with E-state index in [1.165, 1.54) is 0 Å². The molecule has 0 aromatic carbocycles. The summed E-state index contributed by atoms with van der Waals surface area (Å²) in [6, 6.07) is 1.84. The van der Waals surface area contributed by atoms with Gasteiger partial charge in [0.25, 0.3) is 0 Å². The summed E-state index contributed by atoms with van der Waals surface area (Å²) in [4.78, 5) is 14.0. The molecule has 114 valence electrons. The fourth-order valence-corrected chi connectivity index (χ4v) is 2.64. The second-order valence-corrected chi connectivity index (χ2v) is 5.54. The van der Waals surface area contributed by atoms with E-state index in [1.807, 2.05) is 13.0 Å². The average Bonchev–Trinajstić information content (AvgIpc) is 2.86. The average molecular weight is 316 g/mol. The largest absolute Gasteiger partial charge is 0.434 e. The molecule has 0 aliphatic heterocycles. The first-order chi connectivity index (χ1) is 9.79. The number of alkyl halides is 3. The predicted octanol–water partition coefficient (Wildman–Crippen LogP) is 3.46. The van der Waals surface area contributed by atoms with Crippen LogP contribution in [0.15, 0.2) is 11.4 Å². The van der Waals surface area contributed by atoms with Crippen LogP contribution in [0.5, 0.6) is 0 Å². The van der Waals surface area contributed by atoms with Crippen molar-refractivity contribution in [3.05, 3.63) is 33.7 Å². The Hall–Kier alpha value is -1.70. The maximum Gasteiger partial charge on any atom is 0.434 e. The van der Waals surface area contributed by atoms with E-state index in [-0.39, 0.29) is 6.54 Å². The normalized spacial score (nSPS) is 11.7. The third-order valence-electron chi connectivity index (χ3n) is 2.85. The number of hydrogen-bond donors (Lipinski definition) is 0. The summed E-state index contributed by atoms with van der Waals surface area (Å²) in [7, 11) is 1.77. The highest BCUT2D eigenvalue weighted by molar-refractivity contribution is 7.09. The molecular weight excluding hydrogens is 301 g/mol. The maximum absolute atomic E-state index is 12.5. The number of anilines is 1. The van der Waals surface area contributed by atoms with E-state index in [2.05, 4.69) is 15.0 Å².